The largest absolute Gasteiger partial charge is 0.480 e. The minimum absolute atomic E-state index is 0.111. The maximum atomic E-state index is 12.4. The van der Waals surface area contributed by atoms with E-state index in [4.69, 9.17) is 21.1 Å². The van der Waals surface area contributed by atoms with E-state index in [2.05, 4.69) is 27.6 Å². The number of benzene rings is 2. The van der Waals surface area contributed by atoms with Crippen molar-refractivity contribution in [3.63, 3.8) is 0 Å². The molecule has 0 radical (unpaired) electrons. The Bertz CT molecular complexity index is 1100. The monoisotopic (exact) mass is 524 g/mol. The normalized spacial score (nSPS) is 10.7. The van der Waals surface area contributed by atoms with E-state index in [1.165, 1.54) is 21.1 Å². The van der Waals surface area contributed by atoms with Gasteiger partial charge in [-0.1, -0.05) is 23.7 Å². The van der Waals surface area contributed by atoms with Gasteiger partial charge in [0.1, 0.15) is 5.56 Å². The average Bonchev–Trinajstić information content (AvgIpc) is 2.70. The number of ether oxygens (including phenoxy) is 2. The molecule has 1 heterocycles. The number of esters is 1. The Morgan fingerprint density at radius 2 is 1.90 bits per heavy atom. The first-order valence-electron chi connectivity index (χ1n) is 8.63. The number of rotatable bonds is 5. The summed E-state index contributed by atoms with van der Waals surface area (Å²) in [4.78, 5) is 30.7. The number of amides is 1. The molecule has 0 atom stereocenters. The molecule has 3 aromatic rings. The van der Waals surface area contributed by atoms with Crippen molar-refractivity contribution in [2.24, 2.45) is 0 Å². The summed E-state index contributed by atoms with van der Waals surface area (Å²) in [6.45, 7) is 1.78. The second-order valence-corrected chi connectivity index (χ2v) is 7.83. The van der Waals surface area contributed by atoms with E-state index < -0.39 is 5.97 Å². The fourth-order valence-electron chi connectivity index (χ4n) is 3.04. The van der Waals surface area contributed by atoms with E-state index in [1.807, 2.05) is 24.3 Å². The third-order valence-corrected chi connectivity index (χ3v) is 5.51. The molecule has 0 saturated carbocycles. The molecule has 8 heteroatoms. The zero-order chi connectivity index (χ0) is 21.1. The third-order valence-electron chi connectivity index (χ3n) is 4.38. The highest BCUT2D eigenvalue weighted by Gasteiger charge is 2.20. The average molecular weight is 525 g/mol. The maximum absolute atomic E-state index is 12.4. The first-order chi connectivity index (χ1) is 13.8. The first kappa shape index (κ1) is 21.3. The first-order valence-corrected chi connectivity index (χ1v) is 10.1. The zero-order valence-corrected chi connectivity index (χ0v) is 18.9. The van der Waals surface area contributed by atoms with Gasteiger partial charge >= 0.3 is 5.97 Å². The lowest BCUT2D eigenvalue weighted by Gasteiger charge is -2.23. The molecular formula is C21H18ClIN2O4. The summed E-state index contributed by atoms with van der Waals surface area (Å²) in [5.41, 5.74) is 2.33. The molecule has 0 bridgehead atoms. The fourth-order valence-corrected chi connectivity index (χ4v) is 3.97. The van der Waals surface area contributed by atoms with Gasteiger partial charge in [-0.3, -0.25) is 4.79 Å². The smallest absolute Gasteiger partial charge is 0.343 e. The van der Waals surface area contributed by atoms with Gasteiger partial charge in [0.05, 0.1) is 32.0 Å². The molecule has 150 valence electrons. The van der Waals surface area contributed by atoms with Gasteiger partial charge in [0.25, 0.3) is 0 Å². The summed E-state index contributed by atoms with van der Waals surface area (Å²) >= 11 is 8.52. The van der Waals surface area contributed by atoms with Crippen LogP contribution in [0.1, 0.15) is 22.8 Å². The Labute approximate surface area is 186 Å². The highest BCUT2D eigenvalue weighted by Crippen LogP contribution is 2.31. The molecule has 2 aromatic carbocycles. The number of methoxy groups -OCH3 is 2. The molecule has 0 unspecified atom stereocenters. The molecule has 6 nitrogen and oxygen atoms in total. The number of halogens is 2. The summed E-state index contributed by atoms with van der Waals surface area (Å²) in [5, 5.41) is 1.13. The predicted molar refractivity (Wildman–Crippen MR) is 121 cm³/mol. The molecule has 0 spiro atoms. The number of aromatic nitrogens is 1. The molecule has 29 heavy (non-hydrogen) atoms. The Hall–Kier alpha value is -2.39. The summed E-state index contributed by atoms with van der Waals surface area (Å²) in [6, 6.07) is 12.7. The molecule has 0 N–H and O–H groups in total. The van der Waals surface area contributed by atoms with Crippen LogP contribution in [0, 0.1) is 3.57 Å². The minimum atomic E-state index is -0.554. The van der Waals surface area contributed by atoms with Crippen molar-refractivity contribution in [3.8, 4) is 5.88 Å². The predicted octanol–water partition coefficient (Wildman–Crippen LogP) is 4.84. The molecule has 0 aliphatic carbocycles. The number of nitrogens with zero attached hydrogens (tertiary/aromatic N) is 2. The van der Waals surface area contributed by atoms with E-state index in [0.29, 0.717) is 15.9 Å². The van der Waals surface area contributed by atoms with Gasteiger partial charge < -0.3 is 14.4 Å². The number of anilines is 1. The van der Waals surface area contributed by atoms with Crippen LogP contribution in [-0.4, -0.2) is 31.1 Å². The second kappa shape index (κ2) is 8.96. The van der Waals surface area contributed by atoms with Gasteiger partial charge in [-0.05, 0) is 58.5 Å². The van der Waals surface area contributed by atoms with Crippen LogP contribution in [0.5, 0.6) is 5.88 Å². The Morgan fingerprint density at radius 3 is 2.52 bits per heavy atom. The number of fused-ring (bicyclic) bond motifs is 1. The van der Waals surface area contributed by atoms with Crippen LogP contribution in [0.2, 0.25) is 5.02 Å². The quantitative estimate of drug-likeness (QED) is 0.353. The van der Waals surface area contributed by atoms with Gasteiger partial charge in [-0.15, -0.1) is 0 Å². The van der Waals surface area contributed by atoms with Crippen LogP contribution in [-0.2, 0) is 16.1 Å². The number of hydrogen-bond acceptors (Lipinski definition) is 5. The van der Waals surface area contributed by atoms with E-state index >= 15 is 0 Å². The highest BCUT2D eigenvalue weighted by atomic mass is 127. The summed E-state index contributed by atoms with van der Waals surface area (Å²) in [7, 11) is 2.73. The number of carbonyl (C=O) groups is 2. The summed E-state index contributed by atoms with van der Waals surface area (Å²) in [5.74, 6) is -0.515. The van der Waals surface area contributed by atoms with Crippen molar-refractivity contribution < 1.29 is 19.1 Å². The maximum Gasteiger partial charge on any atom is 0.343 e. The lowest BCUT2D eigenvalue weighted by atomic mass is 10.1. The second-order valence-electron chi connectivity index (χ2n) is 6.23. The number of carbonyl (C=O) groups excluding carboxylic acids is 2. The SMILES string of the molecule is COC(=O)c1cc2cc(Cl)cc(CN(C(C)=O)c3ccccc3I)c2nc1OC. The number of pyridine rings is 1. The van der Waals surface area contributed by atoms with Crippen molar-refractivity contribution in [1.29, 1.82) is 0 Å². The van der Waals surface area contributed by atoms with E-state index in [-0.39, 0.29) is 23.9 Å². The lowest BCUT2D eigenvalue weighted by Crippen LogP contribution is -2.28. The molecule has 0 aliphatic heterocycles. The van der Waals surface area contributed by atoms with Gasteiger partial charge in [-0.25, -0.2) is 9.78 Å². The highest BCUT2D eigenvalue weighted by molar-refractivity contribution is 14.1. The van der Waals surface area contributed by atoms with Gasteiger partial charge in [0.15, 0.2) is 0 Å². The van der Waals surface area contributed by atoms with Crippen LogP contribution in [0.25, 0.3) is 10.9 Å². The van der Waals surface area contributed by atoms with E-state index in [1.54, 1.807) is 23.1 Å². The van der Waals surface area contributed by atoms with Crippen LogP contribution < -0.4 is 9.64 Å². The fraction of sp³-hybridized carbons (Fsp3) is 0.190. The van der Waals surface area contributed by atoms with E-state index in [9.17, 15) is 9.59 Å². The minimum Gasteiger partial charge on any atom is -0.480 e. The van der Waals surface area contributed by atoms with Gasteiger partial charge in [0, 0.05) is 20.9 Å². The van der Waals surface area contributed by atoms with Crippen molar-refractivity contribution >= 4 is 62.7 Å². The van der Waals surface area contributed by atoms with Crippen LogP contribution >= 0.6 is 34.2 Å². The number of hydrogen-bond donors (Lipinski definition) is 0. The Balaban J connectivity index is 2.16. The van der Waals surface area contributed by atoms with E-state index in [0.717, 1.165) is 14.8 Å². The van der Waals surface area contributed by atoms with Gasteiger partial charge in [0.2, 0.25) is 11.8 Å². The summed E-state index contributed by atoms with van der Waals surface area (Å²) in [6.07, 6.45) is 0. The number of para-hydroxylation sites is 1. The van der Waals surface area contributed by atoms with Crippen molar-refractivity contribution in [1.82, 2.24) is 4.98 Å². The zero-order valence-electron chi connectivity index (χ0n) is 16.0. The molecule has 0 saturated heterocycles. The van der Waals surface area contributed by atoms with Crippen LogP contribution in [0.4, 0.5) is 5.69 Å². The van der Waals surface area contributed by atoms with Crippen molar-refractivity contribution in [3.05, 3.63) is 62.2 Å². The van der Waals surface area contributed by atoms with Crippen LogP contribution in [0.3, 0.4) is 0 Å². The topological polar surface area (TPSA) is 68.7 Å². The molecule has 1 amide bonds. The molecule has 3 rings (SSSR count). The Morgan fingerprint density at radius 1 is 1.17 bits per heavy atom. The van der Waals surface area contributed by atoms with Crippen molar-refractivity contribution in [2.45, 2.75) is 13.5 Å². The molecule has 0 aliphatic rings. The standard InChI is InChI=1S/C21H18ClIN2O4/c1-12(26)25(18-7-5-4-6-17(18)23)11-14-9-15(22)8-13-10-16(21(27)29-3)20(28-2)24-19(13)14/h4-10H,11H2,1-3H3. The van der Waals surface area contributed by atoms with Crippen LogP contribution in [0.15, 0.2) is 42.5 Å². The third kappa shape index (κ3) is 4.45. The Kier molecular flexibility index (Phi) is 6.59. The van der Waals surface area contributed by atoms with Gasteiger partial charge in [-0.2, -0.15) is 0 Å². The lowest BCUT2D eigenvalue weighted by molar-refractivity contribution is -0.116. The van der Waals surface area contributed by atoms with Crippen molar-refractivity contribution in [2.75, 3.05) is 19.1 Å². The molecule has 0 fully saturated rings. The summed E-state index contributed by atoms with van der Waals surface area (Å²) < 4.78 is 11.0. The molecule has 1 aromatic heterocycles. The molecular weight excluding hydrogens is 507 g/mol.